The average molecular weight is 343 g/mol. The first-order valence-corrected chi connectivity index (χ1v) is 8.83. The van der Waals surface area contributed by atoms with E-state index < -0.39 is 0 Å². The lowest BCUT2D eigenvalue weighted by atomic mass is 10.2. The van der Waals surface area contributed by atoms with E-state index in [9.17, 15) is 0 Å². The second kappa shape index (κ2) is 8.14. The molecule has 0 aliphatic rings. The van der Waals surface area contributed by atoms with Crippen molar-refractivity contribution < 1.29 is 4.84 Å². The van der Waals surface area contributed by atoms with Crippen molar-refractivity contribution in [3.63, 3.8) is 0 Å². The summed E-state index contributed by atoms with van der Waals surface area (Å²) in [5.74, 6) is 0. The molecule has 3 aromatic heterocycles. The molecule has 126 valence electrons. The van der Waals surface area contributed by atoms with E-state index in [-0.39, 0.29) is 6.10 Å². The van der Waals surface area contributed by atoms with Crippen molar-refractivity contribution in [1.29, 1.82) is 0 Å². The lowest BCUT2D eigenvalue weighted by Gasteiger charge is -2.06. The highest BCUT2D eigenvalue weighted by Crippen LogP contribution is 2.21. The largest absolute Gasteiger partial charge is 0.299 e. The fourth-order valence-corrected chi connectivity index (χ4v) is 2.94. The van der Waals surface area contributed by atoms with E-state index >= 15 is 0 Å². The van der Waals surface area contributed by atoms with E-state index in [1.54, 1.807) is 11.3 Å². The van der Waals surface area contributed by atoms with Gasteiger partial charge in [0.2, 0.25) is 0 Å². The molecule has 1 N–H and O–H groups in total. The van der Waals surface area contributed by atoms with Crippen LogP contribution in [0.3, 0.4) is 0 Å². The predicted octanol–water partition coefficient (Wildman–Crippen LogP) is 3.07. The Balaban J connectivity index is 1.56. The molecular formula is C17H21N5OS. The Kier molecular flexibility index (Phi) is 5.68. The molecular weight excluding hydrogens is 322 g/mol. The molecule has 0 aliphatic carbocycles. The third-order valence-corrected chi connectivity index (χ3v) is 4.25. The summed E-state index contributed by atoms with van der Waals surface area (Å²) in [7, 11) is 0. The number of nitrogens with one attached hydrogen (secondary N) is 1. The molecule has 0 unspecified atom stereocenters. The van der Waals surface area contributed by atoms with Crippen LogP contribution >= 0.6 is 11.3 Å². The van der Waals surface area contributed by atoms with Gasteiger partial charge in [-0.05, 0) is 38.0 Å². The summed E-state index contributed by atoms with van der Waals surface area (Å²) in [6.45, 7) is 5.42. The molecule has 24 heavy (non-hydrogen) atoms. The van der Waals surface area contributed by atoms with E-state index in [1.807, 2.05) is 55.4 Å². The fourth-order valence-electron chi connectivity index (χ4n) is 2.21. The normalized spacial score (nSPS) is 11.3. The Bertz CT molecular complexity index is 753. The predicted molar refractivity (Wildman–Crippen MR) is 94.3 cm³/mol. The number of aromatic nitrogens is 4. The maximum Gasteiger partial charge on any atom is 0.109 e. The minimum atomic E-state index is 0.156. The van der Waals surface area contributed by atoms with Gasteiger partial charge in [0.25, 0.3) is 0 Å². The van der Waals surface area contributed by atoms with Gasteiger partial charge in [0.05, 0.1) is 24.5 Å². The number of pyridine rings is 1. The van der Waals surface area contributed by atoms with Crippen molar-refractivity contribution in [1.82, 2.24) is 25.2 Å². The fraction of sp³-hybridized carbons (Fsp3) is 0.353. The molecule has 0 radical (unpaired) electrons. The van der Waals surface area contributed by atoms with E-state index in [0.717, 1.165) is 29.2 Å². The van der Waals surface area contributed by atoms with Crippen LogP contribution in [0.25, 0.3) is 11.3 Å². The minimum absolute atomic E-state index is 0.156. The van der Waals surface area contributed by atoms with Crippen molar-refractivity contribution in [2.45, 2.75) is 39.5 Å². The number of hydrogen-bond acceptors (Lipinski definition) is 6. The maximum absolute atomic E-state index is 5.33. The van der Waals surface area contributed by atoms with Crippen LogP contribution in [-0.2, 0) is 24.3 Å². The SMILES string of the molecule is CC(C)ONCc1nc(-c2cnn(CCc3ccncc3)c2)cs1. The molecule has 0 saturated carbocycles. The third-order valence-electron chi connectivity index (χ3n) is 3.40. The summed E-state index contributed by atoms with van der Waals surface area (Å²) in [5, 5.41) is 7.48. The highest BCUT2D eigenvalue weighted by molar-refractivity contribution is 7.09. The van der Waals surface area contributed by atoms with Gasteiger partial charge in [-0.15, -0.1) is 11.3 Å². The van der Waals surface area contributed by atoms with Crippen molar-refractivity contribution in [3.05, 3.63) is 52.9 Å². The zero-order chi connectivity index (χ0) is 16.8. The molecule has 0 fully saturated rings. The number of hydrogen-bond donors (Lipinski definition) is 1. The number of aryl methyl sites for hydroxylation is 2. The van der Waals surface area contributed by atoms with Crippen LogP contribution < -0.4 is 5.48 Å². The zero-order valence-electron chi connectivity index (χ0n) is 13.8. The Hall–Kier alpha value is -2.09. The van der Waals surface area contributed by atoms with E-state index in [4.69, 9.17) is 4.84 Å². The van der Waals surface area contributed by atoms with Gasteiger partial charge in [-0.3, -0.25) is 14.5 Å². The Morgan fingerprint density at radius 1 is 1.29 bits per heavy atom. The van der Waals surface area contributed by atoms with Crippen molar-refractivity contribution in [2.75, 3.05) is 0 Å². The molecule has 0 atom stereocenters. The molecule has 0 aromatic carbocycles. The monoisotopic (exact) mass is 343 g/mol. The van der Waals surface area contributed by atoms with Crippen LogP contribution in [0.4, 0.5) is 0 Å². The van der Waals surface area contributed by atoms with Gasteiger partial charge in [-0.25, -0.2) is 4.98 Å². The lowest BCUT2D eigenvalue weighted by molar-refractivity contribution is -0.00884. The molecule has 3 heterocycles. The molecule has 0 saturated heterocycles. The molecule has 3 aromatic rings. The Labute approximate surface area is 145 Å². The number of thiazole rings is 1. The molecule has 0 bridgehead atoms. The van der Waals surface area contributed by atoms with Crippen LogP contribution in [0.15, 0.2) is 42.3 Å². The molecule has 3 rings (SSSR count). The Morgan fingerprint density at radius 2 is 2.12 bits per heavy atom. The Morgan fingerprint density at radius 3 is 2.92 bits per heavy atom. The zero-order valence-corrected chi connectivity index (χ0v) is 14.7. The van der Waals surface area contributed by atoms with Crippen LogP contribution in [0, 0.1) is 0 Å². The van der Waals surface area contributed by atoms with Crippen molar-refractivity contribution in [3.8, 4) is 11.3 Å². The minimum Gasteiger partial charge on any atom is -0.299 e. The lowest BCUT2D eigenvalue weighted by Crippen LogP contribution is -2.18. The standard InChI is InChI=1S/C17H21N5OS/c1-13(2)23-20-10-17-21-16(12-24-17)15-9-19-22(11-15)8-5-14-3-6-18-7-4-14/h3-4,6-7,9,11-13,20H,5,8,10H2,1-2H3. The van der Waals surface area contributed by atoms with Crippen LogP contribution in [-0.4, -0.2) is 25.9 Å². The van der Waals surface area contributed by atoms with E-state index in [2.05, 4.69) is 25.9 Å². The van der Waals surface area contributed by atoms with Gasteiger partial charge in [-0.1, -0.05) is 0 Å². The van der Waals surface area contributed by atoms with Gasteiger partial charge < -0.3 is 0 Å². The molecule has 0 aliphatic heterocycles. The van der Waals surface area contributed by atoms with Crippen molar-refractivity contribution in [2.24, 2.45) is 0 Å². The van der Waals surface area contributed by atoms with Gasteiger partial charge in [0.15, 0.2) is 0 Å². The molecule has 6 nitrogen and oxygen atoms in total. The number of hydroxylamine groups is 1. The van der Waals surface area contributed by atoms with Crippen molar-refractivity contribution >= 4 is 11.3 Å². The third kappa shape index (κ3) is 4.70. The summed E-state index contributed by atoms with van der Waals surface area (Å²) >= 11 is 1.62. The molecule has 0 amide bonds. The molecule has 7 heteroatoms. The smallest absolute Gasteiger partial charge is 0.109 e. The summed E-state index contributed by atoms with van der Waals surface area (Å²) in [4.78, 5) is 14.0. The summed E-state index contributed by atoms with van der Waals surface area (Å²) in [6.07, 6.45) is 8.63. The van der Waals surface area contributed by atoms with Crippen LogP contribution in [0.5, 0.6) is 0 Å². The summed E-state index contributed by atoms with van der Waals surface area (Å²) < 4.78 is 1.95. The second-order valence-electron chi connectivity index (χ2n) is 5.71. The topological polar surface area (TPSA) is 64.9 Å². The number of nitrogens with zero attached hydrogens (tertiary/aromatic N) is 4. The van der Waals surface area contributed by atoms with Crippen LogP contribution in [0.1, 0.15) is 24.4 Å². The first-order valence-electron chi connectivity index (χ1n) is 7.95. The first kappa shape index (κ1) is 16.8. The quantitative estimate of drug-likeness (QED) is 0.637. The van der Waals surface area contributed by atoms with Crippen LogP contribution in [0.2, 0.25) is 0 Å². The second-order valence-corrected chi connectivity index (χ2v) is 6.65. The summed E-state index contributed by atoms with van der Waals surface area (Å²) in [5.41, 5.74) is 6.18. The summed E-state index contributed by atoms with van der Waals surface area (Å²) in [6, 6.07) is 4.06. The highest BCUT2D eigenvalue weighted by atomic mass is 32.1. The van der Waals surface area contributed by atoms with Gasteiger partial charge >= 0.3 is 0 Å². The van der Waals surface area contributed by atoms with E-state index in [1.165, 1.54) is 5.56 Å². The number of rotatable bonds is 8. The first-order chi connectivity index (χ1) is 11.7. The highest BCUT2D eigenvalue weighted by Gasteiger charge is 2.07. The van der Waals surface area contributed by atoms with Gasteiger partial charge in [0.1, 0.15) is 5.01 Å². The molecule has 0 spiro atoms. The average Bonchev–Trinajstić information content (AvgIpc) is 3.22. The van der Waals surface area contributed by atoms with E-state index in [0.29, 0.717) is 6.54 Å². The maximum atomic E-state index is 5.33. The van der Waals surface area contributed by atoms with Gasteiger partial charge in [0, 0.05) is 36.1 Å². The van der Waals surface area contributed by atoms with Gasteiger partial charge in [-0.2, -0.15) is 10.6 Å².